The zero-order valence-electron chi connectivity index (χ0n) is 20.1. The molecule has 3 aromatic rings. The van der Waals surface area contributed by atoms with Crippen LogP contribution in [0.3, 0.4) is 0 Å². The van der Waals surface area contributed by atoms with Crippen LogP contribution in [0.25, 0.3) is 16.0 Å². The van der Waals surface area contributed by atoms with Gasteiger partial charge in [0.15, 0.2) is 34.0 Å². The summed E-state index contributed by atoms with van der Waals surface area (Å²) in [5, 5.41) is 13.4. The Morgan fingerprint density at radius 1 is 1.17 bits per heavy atom. The van der Waals surface area contributed by atoms with Gasteiger partial charge in [0.25, 0.3) is 6.04 Å². The Balaban J connectivity index is 1.34. The minimum Gasteiger partial charge on any atom is -0.365 e. The maximum absolute atomic E-state index is 7.68. The lowest BCUT2D eigenvalue weighted by atomic mass is 10.1. The molecule has 2 saturated carbocycles. The topological polar surface area (TPSA) is 91.3 Å². The Morgan fingerprint density at radius 2 is 1.97 bits per heavy atom. The molecule has 10 heteroatoms. The van der Waals surface area contributed by atoms with Crippen LogP contribution < -0.4 is 5.32 Å². The summed E-state index contributed by atoms with van der Waals surface area (Å²) in [7, 11) is 0. The first kappa shape index (κ1) is 22.7. The molecule has 6 atom stereocenters. The molecular weight excluding hydrogens is 462 g/mol. The van der Waals surface area contributed by atoms with Crippen molar-refractivity contribution >= 4 is 28.7 Å². The monoisotopic (exact) mass is 491 g/mol. The largest absolute Gasteiger partial charge is 0.365 e. The Morgan fingerprint density at radius 3 is 2.74 bits per heavy atom. The van der Waals surface area contributed by atoms with Gasteiger partial charge in [0.05, 0.1) is 12.5 Å². The van der Waals surface area contributed by atoms with Crippen LogP contribution in [0.4, 0.5) is 5.82 Å². The van der Waals surface area contributed by atoms with E-state index in [1.165, 1.54) is 5.56 Å². The van der Waals surface area contributed by atoms with E-state index in [2.05, 4.69) is 51.7 Å². The molecule has 0 amide bonds. The Kier molecular flexibility index (Phi) is 5.66. The predicted octanol–water partition coefficient (Wildman–Crippen LogP) is 4.44. The lowest BCUT2D eigenvalue weighted by Gasteiger charge is -2.21. The molecule has 0 spiro atoms. The van der Waals surface area contributed by atoms with Crippen molar-refractivity contribution in [1.29, 1.82) is 0 Å². The predicted molar refractivity (Wildman–Crippen MR) is 133 cm³/mol. The van der Waals surface area contributed by atoms with Gasteiger partial charge in [-0.2, -0.15) is 0 Å². The Bertz CT molecular complexity index is 1270. The van der Waals surface area contributed by atoms with Gasteiger partial charge in [-0.3, -0.25) is 0 Å². The Hall–Kier alpha value is -2.74. The van der Waals surface area contributed by atoms with Gasteiger partial charge in [-0.25, -0.2) is 21.2 Å². The van der Waals surface area contributed by atoms with E-state index in [-0.39, 0.29) is 24.3 Å². The maximum Gasteiger partial charge on any atom is 0.254 e. The fraction of sp³-hybridized carbons (Fsp3) is 0.560. The van der Waals surface area contributed by atoms with Crippen molar-refractivity contribution in [2.75, 3.05) is 11.1 Å². The summed E-state index contributed by atoms with van der Waals surface area (Å²) in [5.74, 6) is 1.39. The molecule has 35 heavy (non-hydrogen) atoms. The van der Waals surface area contributed by atoms with E-state index in [1.54, 1.807) is 11.8 Å². The number of benzene rings is 1. The minimum atomic E-state index is -0.727. The number of ether oxygens (including phenoxy) is 2. The van der Waals surface area contributed by atoms with Gasteiger partial charge in [-0.15, -0.1) is 5.10 Å². The van der Waals surface area contributed by atoms with Gasteiger partial charge in [0.2, 0.25) is 0 Å². The average Bonchev–Trinajstić information content (AvgIpc) is 3.18. The van der Waals surface area contributed by atoms with E-state index in [0.29, 0.717) is 34.7 Å². The highest BCUT2D eigenvalue weighted by atomic mass is 32.2. The van der Waals surface area contributed by atoms with Crippen LogP contribution >= 0.6 is 11.8 Å². The van der Waals surface area contributed by atoms with Gasteiger partial charge < -0.3 is 19.6 Å². The van der Waals surface area contributed by atoms with Crippen molar-refractivity contribution in [1.82, 2.24) is 25.0 Å². The molecule has 3 heterocycles. The molecule has 3 fully saturated rings. The molecule has 3 aliphatic rings. The number of thioether (sulfide) groups is 1. The molecular formula is C25H29N7O2S. The van der Waals surface area contributed by atoms with Crippen molar-refractivity contribution in [2.24, 2.45) is 0 Å². The molecule has 0 bridgehead atoms. The second kappa shape index (κ2) is 8.73. The average molecular weight is 492 g/mol. The van der Waals surface area contributed by atoms with E-state index in [0.717, 1.165) is 24.4 Å². The SMILES string of the molecule is [C-]#[N+][C@H]1C[C@@H](n2nnc3c(N[C@@H]4C[C@H]4c4ccccc4)nc(SCCC)nc32)[C@@H]2OC(C)(C)O[C@@H]21. The second-order valence-electron chi connectivity index (χ2n) is 9.98. The van der Waals surface area contributed by atoms with E-state index in [1.807, 2.05) is 24.6 Å². The fourth-order valence-corrected chi connectivity index (χ4v) is 5.98. The van der Waals surface area contributed by atoms with E-state index in [4.69, 9.17) is 26.0 Å². The number of aromatic nitrogens is 5. The van der Waals surface area contributed by atoms with Gasteiger partial charge in [-0.05, 0) is 32.3 Å². The number of nitrogens with zero attached hydrogens (tertiary/aromatic N) is 6. The summed E-state index contributed by atoms with van der Waals surface area (Å²) in [5.41, 5.74) is 2.67. The molecule has 1 aromatic carbocycles. The number of nitrogens with one attached hydrogen (secondary N) is 1. The molecule has 9 nitrogen and oxygen atoms in total. The summed E-state index contributed by atoms with van der Waals surface area (Å²) in [6.45, 7) is 13.6. The molecule has 6 rings (SSSR count). The fourth-order valence-electron chi connectivity index (χ4n) is 5.28. The summed E-state index contributed by atoms with van der Waals surface area (Å²) in [6, 6.07) is 10.4. The molecule has 1 saturated heterocycles. The maximum atomic E-state index is 7.68. The first-order valence-corrected chi connectivity index (χ1v) is 13.3. The second-order valence-corrected chi connectivity index (χ2v) is 11.0. The summed E-state index contributed by atoms with van der Waals surface area (Å²) >= 11 is 1.64. The molecule has 0 radical (unpaired) electrons. The smallest absolute Gasteiger partial charge is 0.254 e. The molecule has 182 valence electrons. The van der Waals surface area contributed by atoms with Crippen molar-refractivity contribution in [3.05, 3.63) is 47.3 Å². The normalized spacial score (nSPS) is 30.8. The van der Waals surface area contributed by atoms with Crippen LogP contribution in [0.2, 0.25) is 0 Å². The zero-order chi connectivity index (χ0) is 24.2. The number of rotatable bonds is 7. The third-order valence-corrected chi connectivity index (χ3v) is 8.02. The van der Waals surface area contributed by atoms with Gasteiger partial charge in [-0.1, -0.05) is 54.2 Å². The van der Waals surface area contributed by atoms with Crippen molar-refractivity contribution in [3.63, 3.8) is 0 Å². The van der Waals surface area contributed by atoms with Crippen molar-refractivity contribution in [2.45, 2.75) is 87.2 Å². The summed E-state index contributed by atoms with van der Waals surface area (Å²) in [4.78, 5) is 13.5. The first-order chi connectivity index (χ1) is 17.0. The van der Waals surface area contributed by atoms with Crippen LogP contribution in [0, 0.1) is 6.57 Å². The van der Waals surface area contributed by atoms with E-state index in [9.17, 15) is 0 Å². The zero-order valence-corrected chi connectivity index (χ0v) is 20.9. The third kappa shape index (κ3) is 4.15. The molecule has 2 aliphatic carbocycles. The van der Waals surface area contributed by atoms with Gasteiger partial charge in [0, 0.05) is 17.7 Å². The van der Waals surface area contributed by atoms with Gasteiger partial charge >= 0.3 is 0 Å². The Labute approximate surface area is 208 Å². The molecule has 1 N–H and O–H groups in total. The lowest BCUT2D eigenvalue weighted by molar-refractivity contribution is -0.156. The third-order valence-electron chi connectivity index (χ3n) is 6.96. The van der Waals surface area contributed by atoms with E-state index >= 15 is 0 Å². The number of anilines is 1. The summed E-state index contributed by atoms with van der Waals surface area (Å²) < 4.78 is 14.2. The first-order valence-electron chi connectivity index (χ1n) is 12.3. The summed E-state index contributed by atoms with van der Waals surface area (Å²) in [6.07, 6.45) is 2.14. The number of hydrogen-bond donors (Lipinski definition) is 1. The number of fused-ring (bicyclic) bond motifs is 2. The van der Waals surface area contributed by atoms with E-state index < -0.39 is 5.79 Å². The van der Waals surface area contributed by atoms with Crippen LogP contribution in [0.15, 0.2) is 35.5 Å². The molecule has 0 unspecified atom stereocenters. The minimum absolute atomic E-state index is 0.171. The van der Waals surface area contributed by atoms with Crippen LogP contribution in [0.5, 0.6) is 0 Å². The number of hydrogen-bond acceptors (Lipinski definition) is 8. The van der Waals surface area contributed by atoms with Gasteiger partial charge in [0.1, 0.15) is 6.10 Å². The quantitative estimate of drug-likeness (QED) is 0.295. The molecule has 2 aromatic heterocycles. The van der Waals surface area contributed by atoms with Crippen molar-refractivity contribution < 1.29 is 9.47 Å². The lowest BCUT2D eigenvalue weighted by Crippen LogP contribution is -2.28. The van der Waals surface area contributed by atoms with Crippen LogP contribution in [-0.2, 0) is 9.47 Å². The van der Waals surface area contributed by atoms with Crippen LogP contribution in [-0.4, -0.2) is 60.8 Å². The van der Waals surface area contributed by atoms with Crippen LogP contribution in [0.1, 0.15) is 57.6 Å². The standard InChI is InChI=1S/C25H29N7O2S/c1-5-11-35-24-28-22(27-16-12-15(16)14-9-7-6-8-10-14)19-23(29-24)32(31-30-19)18-13-17(26-4)20-21(18)34-25(2,3)33-20/h6-10,15-18,20-21H,5,11-13H2,1-3H3,(H,27,28,29)/t15-,16+,17-,18+,20+,21-/m0/s1. The highest BCUT2D eigenvalue weighted by Crippen LogP contribution is 2.46. The highest BCUT2D eigenvalue weighted by molar-refractivity contribution is 7.99. The highest BCUT2D eigenvalue weighted by Gasteiger charge is 2.58. The van der Waals surface area contributed by atoms with Crippen molar-refractivity contribution in [3.8, 4) is 0 Å². The molecule has 1 aliphatic heterocycles.